The third-order valence-electron chi connectivity index (χ3n) is 5.53. The van der Waals surface area contributed by atoms with Crippen LogP contribution in [0.2, 0.25) is 5.02 Å². The van der Waals surface area contributed by atoms with Crippen LogP contribution in [0.1, 0.15) is 18.4 Å². The van der Waals surface area contributed by atoms with E-state index in [1.165, 1.54) is 13.2 Å². The minimum atomic E-state index is -5.08. The van der Waals surface area contributed by atoms with Crippen molar-refractivity contribution in [1.29, 1.82) is 0 Å². The zero-order valence-corrected chi connectivity index (χ0v) is 20.4. The van der Waals surface area contributed by atoms with E-state index >= 15 is 0 Å². The number of nitrogens with one attached hydrogen (secondary N) is 2. The third-order valence-corrected chi connectivity index (χ3v) is 5.78. The first-order chi connectivity index (χ1) is 17.5. The molecular weight excluding hydrogens is 524 g/mol. The number of nitrogens with zero attached hydrogens (tertiary/aromatic N) is 2. The Kier molecular flexibility index (Phi) is 9.38. The summed E-state index contributed by atoms with van der Waals surface area (Å²) in [5.41, 5.74) is 0.500. The van der Waals surface area contributed by atoms with Crippen molar-refractivity contribution < 1.29 is 41.7 Å². The van der Waals surface area contributed by atoms with E-state index in [9.17, 15) is 22.4 Å². The molecular formula is C23H25ClF4N4O5. The van der Waals surface area contributed by atoms with Gasteiger partial charge < -0.3 is 30.1 Å². The Labute approximate surface area is 214 Å². The van der Waals surface area contributed by atoms with E-state index in [0.717, 1.165) is 25.1 Å². The maximum absolute atomic E-state index is 14.7. The number of carbonyl (C=O) groups is 2. The second-order valence-corrected chi connectivity index (χ2v) is 8.67. The number of halogens is 5. The van der Waals surface area contributed by atoms with Crippen molar-refractivity contribution in [3.63, 3.8) is 0 Å². The second kappa shape index (κ2) is 12.3. The van der Waals surface area contributed by atoms with Gasteiger partial charge in [-0.1, -0.05) is 11.6 Å². The van der Waals surface area contributed by atoms with E-state index < -0.39 is 18.0 Å². The molecule has 1 aromatic carbocycles. The zero-order valence-electron chi connectivity index (χ0n) is 19.6. The Balaban J connectivity index is 0.000000479. The minimum Gasteiger partial charge on any atom is -0.487 e. The van der Waals surface area contributed by atoms with Crippen LogP contribution in [0.5, 0.6) is 11.6 Å². The van der Waals surface area contributed by atoms with Gasteiger partial charge in [0.15, 0.2) is 11.6 Å². The highest BCUT2D eigenvalue weighted by Crippen LogP contribution is 2.29. The molecule has 2 aliphatic rings. The van der Waals surface area contributed by atoms with Gasteiger partial charge in [0.2, 0.25) is 11.8 Å². The van der Waals surface area contributed by atoms with Crippen molar-refractivity contribution in [3.8, 4) is 11.6 Å². The molecule has 0 saturated carbocycles. The number of ether oxygens (including phenoxy) is 2. The van der Waals surface area contributed by atoms with E-state index in [4.69, 9.17) is 31.0 Å². The predicted octanol–water partition coefficient (Wildman–Crippen LogP) is 3.15. The van der Waals surface area contributed by atoms with Gasteiger partial charge in [-0.2, -0.15) is 18.2 Å². The number of methoxy groups -OCH3 is 1. The van der Waals surface area contributed by atoms with Crippen molar-refractivity contribution in [2.75, 3.05) is 31.6 Å². The summed E-state index contributed by atoms with van der Waals surface area (Å²) in [5, 5.41) is 13.7. The van der Waals surface area contributed by atoms with Gasteiger partial charge in [0.05, 0.1) is 26.2 Å². The Morgan fingerprint density at radius 2 is 1.92 bits per heavy atom. The van der Waals surface area contributed by atoms with Crippen LogP contribution in [0.25, 0.3) is 0 Å². The number of amides is 1. The first kappa shape index (κ1) is 28.3. The van der Waals surface area contributed by atoms with Gasteiger partial charge in [0, 0.05) is 17.1 Å². The van der Waals surface area contributed by atoms with Gasteiger partial charge >= 0.3 is 12.1 Å². The fraction of sp³-hybridized carbons (Fsp3) is 0.435. The fourth-order valence-corrected chi connectivity index (χ4v) is 3.76. The lowest BCUT2D eigenvalue weighted by atomic mass is 10.1. The molecule has 3 N–H and O–H groups in total. The largest absolute Gasteiger partial charge is 0.490 e. The Morgan fingerprint density at radius 3 is 2.46 bits per heavy atom. The number of carboxylic acids is 1. The van der Waals surface area contributed by atoms with Crippen molar-refractivity contribution in [3.05, 3.63) is 46.7 Å². The average molecular weight is 549 g/mol. The molecule has 37 heavy (non-hydrogen) atoms. The summed E-state index contributed by atoms with van der Waals surface area (Å²) in [5.74, 6) is -2.07. The molecule has 2 fully saturated rings. The first-order valence-corrected chi connectivity index (χ1v) is 11.6. The molecule has 2 aliphatic heterocycles. The van der Waals surface area contributed by atoms with Crippen LogP contribution in [-0.2, 0) is 16.1 Å². The molecule has 1 aromatic heterocycles. The van der Waals surface area contributed by atoms with Gasteiger partial charge in [-0.25, -0.2) is 9.18 Å². The number of carboxylic acid groups (broad SMARTS) is 1. The van der Waals surface area contributed by atoms with Gasteiger partial charge in [-0.15, -0.1) is 0 Å². The highest BCUT2D eigenvalue weighted by molar-refractivity contribution is 6.30. The van der Waals surface area contributed by atoms with Crippen LogP contribution in [0, 0.1) is 5.82 Å². The van der Waals surface area contributed by atoms with Crippen LogP contribution in [0.15, 0.2) is 30.3 Å². The van der Waals surface area contributed by atoms with E-state index in [1.54, 1.807) is 29.2 Å². The van der Waals surface area contributed by atoms with E-state index in [1.807, 2.05) is 0 Å². The minimum absolute atomic E-state index is 0.0590. The Hall–Kier alpha value is -3.32. The predicted molar refractivity (Wildman–Crippen MR) is 125 cm³/mol. The molecule has 9 nitrogen and oxygen atoms in total. The molecule has 202 valence electrons. The number of benzene rings is 1. The molecule has 0 spiro atoms. The second-order valence-electron chi connectivity index (χ2n) is 8.23. The summed E-state index contributed by atoms with van der Waals surface area (Å²) in [7, 11) is 1.48. The van der Waals surface area contributed by atoms with Gasteiger partial charge in [-0.05, 0) is 49.7 Å². The van der Waals surface area contributed by atoms with Crippen molar-refractivity contribution in [2.24, 2.45) is 0 Å². The quantitative estimate of drug-likeness (QED) is 0.452. The number of aliphatic carboxylic acids is 1. The molecule has 4 rings (SSSR count). The molecule has 1 atom stereocenters. The standard InChI is InChI=1S/C21H24ClFN4O3.C2HF3O2/c1-29-21-13(10-25-20(28)18-3-2-8-24-18)9-17(23)19(26-21)27-11-16(12-27)30-15-6-4-14(22)5-7-15;3-2(4,5)1(6)7/h4-7,9,16,18,24H,2-3,8,10-12H2,1H3,(H,25,28);(H,6,7). The van der Waals surface area contributed by atoms with Crippen LogP contribution < -0.4 is 25.0 Å². The molecule has 0 radical (unpaired) electrons. The van der Waals surface area contributed by atoms with Crippen molar-refractivity contribution in [2.45, 2.75) is 37.7 Å². The lowest BCUT2D eigenvalue weighted by Crippen LogP contribution is -2.54. The monoisotopic (exact) mass is 548 g/mol. The number of carbonyl (C=O) groups excluding carboxylic acids is 1. The summed E-state index contributed by atoms with van der Waals surface area (Å²) in [6, 6.07) is 8.32. The van der Waals surface area contributed by atoms with E-state index in [2.05, 4.69) is 15.6 Å². The molecule has 0 aliphatic carbocycles. The summed E-state index contributed by atoms with van der Waals surface area (Å²) >= 11 is 5.88. The van der Waals surface area contributed by atoms with Gasteiger partial charge in [0.1, 0.15) is 11.9 Å². The highest BCUT2D eigenvalue weighted by atomic mass is 35.5. The molecule has 2 aromatic rings. The molecule has 2 saturated heterocycles. The topological polar surface area (TPSA) is 113 Å². The van der Waals surface area contributed by atoms with Gasteiger partial charge in [-0.3, -0.25) is 4.79 Å². The fourth-order valence-electron chi connectivity index (χ4n) is 3.63. The third kappa shape index (κ3) is 7.83. The highest BCUT2D eigenvalue weighted by Gasteiger charge is 2.38. The average Bonchev–Trinajstić information content (AvgIpc) is 3.36. The number of alkyl halides is 3. The number of hydrogen-bond donors (Lipinski definition) is 3. The Morgan fingerprint density at radius 1 is 1.27 bits per heavy atom. The number of hydrogen-bond acceptors (Lipinski definition) is 7. The van der Waals surface area contributed by atoms with Crippen molar-refractivity contribution >= 4 is 29.3 Å². The van der Waals surface area contributed by atoms with Gasteiger partial charge in [0.25, 0.3) is 0 Å². The van der Waals surface area contributed by atoms with Crippen molar-refractivity contribution in [1.82, 2.24) is 15.6 Å². The normalized spacial score (nSPS) is 17.4. The summed E-state index contributed by atoms with van der Waals surface area (Å²) in [6.45, 7) is 2.02. The van der Waals surface area contributed by atoms with Crippen LogP contribution in [-0.4, -0.2) is 67.0 Å². The summed E-state index contributed by atoms with van der Waals surface area (Å²) in [6.07, 6.45) is -3.36. The lowest BCUT2D eigenvalue weighted by molar-refractivity contribution is -0.192. The van der Waals surface area contributed by atoms with E-state index in [0.29, 0.717) is 29.6 Å². The zero-order chi connectivity index (χ0) is 27.2. The smallest absolute Gasteiger partial charge is 0.487 e. The first-order valence-electron chi connectivity index (χ1n) is 11.2. The molecule has 0 bridgehead atoms. The lowest BCUT2D eigenvalue weighted by Gasteiger charge is -2.40. The van der Waals surface area contributed by atoms with Crippen LogP contribution in [0.3, 0.4) is 0 Å². The number of rotatable bonds is 7. The maximum Gasteiger partial charge on any atom is 0.490 e. The van der Waals surface area contributed by atoms with E-state index in [-0.39, 0.29) is 30.4 Å². The summed E-state index contributed by atoms with van der Waals surface area (Å²) < 4.78 is 57.6. The number of pyridine rings is 1. The number of anilines is 1. The SMILES string of the molecule is COc1nc(N2CC(Oc3ccc(Cl)cc3)C2)c(F)cc1CNC(=O)C1CCCN1.O=C(O)C(F)(F)F. The molecule has 3 heterocycles. The van der Waals surface area contributed by atoms with Crippen LogP contribution in [0.4, 0.5) is 23.4 Å². The molecule has 1 unspecified atom stereocenters. The summed E-state index contributed by atoms with van der Waals surface area (Å²) in [4.78, 5) is 27.2. The van der Waals surface area contributed by atoms with Crippen LogP contribution >= 0.6 is 11.6 Å². The maximum atomic E-state index is 14.7. The number of aromatic nitrogens is 1. The molecule has 14 heteroatoms. The molecule has 1 amide bonds. The Bertz CT molecular complexity index is 1090.